The lowest BCUT2D eigenvalue weighted by atomic mass is 10.1. The van der Waals surface area contributed by atoms with E-state index in [1.54, 1.807) is 0 Å². The Kier molecular flexibility index (Phi) is 3.92. The summed E-state index contributed by atoms with van der Waals surface area (Å²) in [5.74, 6) is 1.25. The molecular weight excluding hydrogens is 310 g/mol. The van der Waals surface area contributed by atoms with Gasteiger partial charge in [-0.1, -0.05) is 0 Å². The van der Waals surface area contributed by atoms with Crippen LogP contribution in [-0.2, 0) is 0 Å². The van der Waals surface area contributed by atoms with Gasteiger partial charge in [-0.15, -0.1) is 0 Å². The molecule has 2 rings (SSSR count). The van der Waals surface area contributed by atoms with Gasteiger partial charge in [0.15, 0.2) is 0 Å². The number of hydrogen-bond donors (Lipinski definition) is 2. The molecule has 1 aromatic rings. The average molecular weight is 328 g/mol. The van der Waals surface area contributed by atoms with Crippen LogP contribution in [0.4, 0.5) is 5.69 Å². The van der Waals surface area contributed by atoms with Crippen LogP contribution in [0.3, 0.4) is 0 Å². The largest absolute Gasteiger partial charge is 0.384 e. The molecule has 0 radical (unpaired) electrons. The van der Waals surface area contributed by atoms with Crippen LogP contribution in [0, 0.1) is 5.41 Å². The van der Waals surface area contributed by atoms with Crippen LogP contribution in [0.2, 0.25) is 0 Å². The molecule has 3 N–H and O–H groups in total. The van der Waals surface area contributed by atoms with Crippen molar-refractivity contribution in [2.45, 2.75) is 18.6 Å². The average Bonchev–Trinajstić information content (AvgIpc) is 2.27. The molecule has 1 aliphatic rings. The minimum Gasteiger partial charge on any atom is -0.384 e. The van der Waals surface area contributed by atoms with Gasteiger partial charge in [0, 0.05) is 33.6 Å². The topological polar surface area (TPSA) is 53.1 Å². The van der Waals surface area contributed by atoms with Crippen molar-refractivity contribution >= 4 is 39.2 Å². The zero-order valence-corrected chi connectivity index (χ0v) is 13.1. The molecule has 98 valence electrons. The van der Waals surface area contributed by atoms with Gasteiger partial charge in [-0.3, -0.25) is 5.41 Å². The van der Waals surface area contributed by atoms with E-state index in [9.17, 15) is 0 Å². The van der Waals surface area contributed by atoms with Crippen molar-refractivity contribution in [1.29, 1.82) is 5.41 Å². The van der Waals surface area contributed by atoms with Gasteiger partial charge in [0.1, 0.15) is 5.84 Å². The van der Waals surface area contributed by atoms with Crippen molar-refractivity contribution < 1.29 is 0 Å². The van der Waals surface area contributed by atoms with Gasteiger partial charge >= 0.3 is 0 Å². The summed E-state index contributed by atoms with van der Waals surface area (Å²) in [5, 5.41) is 7.45. The van der Waals surface area contributed by atoms with Crippen molar-refractivity contribution in [2.75, 3.05) is 23.7 Å². The van der Waals surface area contributed by atoms with Gasteiger partial charge in [0.05, 0.1) is 5.69 Å². The Morgan fingerprint density at radius 3 is 2.78 bits per heavy atom. The number of benzene rings is 1. The minimum absolute atomic E-state index is 0.108. The molecule has 1 aromatic carbocycles. The summed E-state index contributed by atoms with van der Waals surface area (Å²) < 4.78 is 1.30. The van der Waals surface area contributed by atoms with Crippen LogP contribution < -0.4 is 10.6 Å². The fourth-order valence-electron chi connectivity index (χ4n) is 2.15. The lowest BCUT2D eigenvalue weighted by Gasteiger charge is -2.39. The number of halogens is 1. The molecule has 1 fully saturated rings. The highest BCUT2D eigenvalue weighted by atomic mass is 79.9. The molecule has 0 amide bonds. The molecule has 18 heavy (non-hydrogen) atoms. The fraction of sp³-hybridized carbons (Fsp3) is 0.462. The molecule has 0 aromatic heterocycles. The Morgan fingerprint density at radius 2 is 2.22 bits per heavy atom. The summed E-state index contributed by atoms with van der Waals surface area (Å²) >= 11 is 5.61. The number of nitrogens with one attached hydrogen (secondary N) is 1. The second-order valence-corrected chi connectivity index (χ2v) is 7.77. The van der Waals surface area contributed by atoms with Gasteiger partial charge in [0.25, 0.3) is 0 Å². The Bertz CT molecular complexity index is 473. The number of anilines is 1. The molecule has 5 heteroatoms. The van der Waals surface area contributed by atoms with Crippen molar-refractivity contribution in [1.82, 2.24) is 0 Å². The van der Waals surface area contributed by atoms with E-state index in [0.29, 0.717) is 0 Å². The van der Waals surface area contributed by atoms with E-state index in [1.165, 1.54) is 5.69 Å². The standard InChI is InChI=1S/C13H18BrN3S/c1-13(2)8-17(5-6-18-13)11-4-3-9(12(15)16)7-10(11)14/h3-4,7H,5-6,8H2,1-2H3,(H3,15,16). The third-order valence-corrected chi connectivity index (χ3v) is 4.96. The molecule has 0 bridgehead atoms. The maximum Gasteiger partial charge on any atom is 0.122 e. The van der Waals surface area contributed by atoms with E-state index in [0.717, 1.165) is 28.9 Å². The summed E-state index contributed by atoms with van der Waals surface area (Å²) in [4.78, 5) is 2.39. The van der Waals surface area contributed by atoms with Crippen LogP contribution in [0.5, 0.6) is 0 Å². The predicted octanol–water partition coefficient (Wildman–Crippen LogP) is 3.06. The highest BCUT2D eigenvalue weighted by Gasteiger charge is 2.27. The predicted molar refractivity (Wildman–Crippen MR) is 83.9 cm³/mol. The smallest absolute Gasteiger partial charge is 0.122 e. The minimum atomic E-state index is 0.108. The SMILES string of the molecule is CC1(C)CN(c2ccc(C(=N)N)cc2Br)CCS1. The Balaban J connectivity index is 2.26. The second kappa shape index (κ2) is 5.13. The zero-order valence-electron chi connectivity index (χ0n) is 10.7. The van der Waals surface area contributed by atoms with Gasteiger partial charge in [0.2, 0.25) is 0 Å². The zero-order chi connectivity index (χ0) is 13.3. The van der Waals surface area contributed by atoms with Gasteiger partial charge in [-0.25, -0.2) is 0 Å². The van der Waals surface area contributed by atoms with E-state index in [2.05, 4.69) is 34.7 Å². The number of hydrogen-bond acceptors (Lipinski definition) is 3. The van der Waals surface area contributed by atoms with Crippen LogP contribution in [0.25, 0.3) is 0 Å². The third-order valence-electron chi connectivity index (χ3n) is 3.03. The van der Waals surface area contributed by atoms with E-state index in [4.69, 9.17) is 11.1 Å². The number of nitrogens with zero attached hydrogens (tertiary/aromatic N) is 1. The molecule has 0 unspecified atom stereocenters. The summed E-state index contributed by atoms with van der Waals surface area (Å²) in [5.41, 5.74) is 7.45. The first-order chi connectivity index (χ1) is 8.39. The van der Waals surface area contributed by atoms with Crippen LogP contribution in [0.1, 0.15) is 19.4 Å². The van der Waals surface area contributed by atoms with Crippen molar-refractivity contribution in [3.05, 3.63) is 28.2 Å². The normalized spacial score (nSPS) is 18.7. The van der Waals surface area contributed by atoms with E-state index >= 15 is 0 Å². The quantitative estimate of drug-likeness (QED) is 0.648. The molecule has 1 heterocycles. The molecule has 3 nitrogen and oxygen atoms in total. The number of amidine groups is 1. The van der Waals surface area contributed by atoms with Crippen LogP contribution in [-0.4, -0.2) is 29.4 Å². The highest BCUT2D eigenvalue weighted by molar-refractivity contribution is 9.10. The van der Waals surface area contributed by atoms with Gasteiger partial charge in [-0.05, 0) is 48.0 Å². The van der Waals surface area contributed by atoms with E-state index in [-0.39, 0.29) is 10.6 Å². The number of rotatable bonds is 2. The fourth-order valence-corrected chi connectivity index (χ4v) is 3.89. The van der Waals surface area contributed by atoms with Crippen molar-refractivity contribution in [2.24, 2.45) is 5.73 Å². The number of thioether (sulfide) groups is 1. The molecule has 1 saturated heterocycles. The maximum absolute atomic E-state index is 7.45. The summed E-state index contributed by atoms with van der Waals surface area (Å²) in [6.07, 6.45) is 0. The highest BCUT2D eigenvalue weighted by Crippen LogP contribution is 2.35. The first-order valence-electron chi connectivity index (χ1n) is 5.92. The van der Waals surface area contributed by atoms with Gasteiger partial charge < -0.3 is 10.6 Å². The molecule has 0 aliphatic carbocycles. The van der Waals surface area contributed by atoms with Crippen molar-refractivity contribution in [3.8, 4) is 0 Å². The van der Waals surface area contributed by atoms with Gasteiger partial charge in [-0.2, -0.15) is 11.8 Å². The van der Waals surface area contributed by atoms with E-state index in [1.807, 2.05) is 30.0 Å². The Labute approximate surface area is 121 Å². The molecule has 0 atom stereocenters. The monoisotopic (exact) mass is 327 g/mol. The summed E-state index contributed by atoms with van der Waals surface area (Å²) in [6, 6.07) is 5.89. The lowest BCUT2D eigenvalue weighted by molar-refractivity contribution is 0.647. The summed E-state index contributed by atoms with van der Waals surface area (Å²) in [7, 11) is 0. The molecule has 0 saturated carbocycles. The van der Waals surface area contributed by atoms with Crippen molar-refractivity contribution in [3.63, 3.8) is 0 Å². The lowest BCUT2D eigenvalue weighted by Crippen LogP contribution is -2.43. The number of nitrogens with two attached hydrogens (primary N) is 1. The summed E-state index contributed by atoms with van der Waals surface area (Å²) in [6.45, 7) is 6.66. The molecular formula is C13H18BrN3S. The first kappa shape index (κ1) is 13.7. The third kappa shape index (κ3) is 3.01. The van der Waals surface area contributed by atoms with Crippen LogP contribution >= 0.6 is 27.7 Å². The Hall–Kier alpha value is -0.680. The Morgan fingerprint density at radius 1 is 1.50 bits per heavy atom. The number of nitrogen functional groups attached to an aromatic ring is 1. The van der Waals surface area contributed by atoms with Crippen LogP contribution in [0.15, 0.2) is 22.7 Å². The van der Waals surface area contributed by atoms with E-state index < -0.39 is 0 Å². The molecule has 0 spiro atoms. The maximum atomic E-state index is 7.45. The first-order valence-corrected chi connectivity index (χ1v) is 7.70. The second-order valence-electron chi connectivity index (χ2n) is 5.11. The molecule has 1 aliphatic heterocycles.